The minimum atomic E-state index is -0.382. The number of amides is 1. The number of furan rings is 1. The number of thioether (sulfide) groups is 1. The molecule has 2 N–H and O–H groups in total. The van der Waals surface area contributed by atoms with Gasteiger partial charge < -0.3 is 10.2 Å². The number of primary amides is 1. The molecule has 1 aromatic carbocycles. The SMILES string of the molecule is NC(=O)CSc1nnc(Cc2ccccc2)n1Cc1ccco1. The van der Waals surface area contributed by atoms with Gasteiger partial charge in [0.2, 0.25) is 5.91 Å². The second-order valence-electron chi connectivity index (χ2n) is 4.98. The molecule has 1 amide bonds. The van der Waals surface area contributed by atoms with Gasteiger partial charge in [-0.2, -0.15) is 0 Å². The van der Waals surface area contributed by atoms with E-state index in [0.29, 0.717) is 18.1 Å². The Bertz CT molecular complexity index is 769. The predicted octanol–water partition coefficient (Wildman–Crippen LogP) is 2.09. The third-order valence-corrected chi connectivity index (χ3v) is 4.23. The molecule has 0 fully saturated rings. The Kier molecular flexibility index (Phi) is 4.77. The summed E-state index contributed by atoms with van der Waals surface area (Å²) >= 11 is 1.28. The standard InChI is InChI=1S/C16H16N4O2S/c17-14(21)11-23-16-19-18-15(9-12-5-2-1-3-6-12)20(16)10-13-7-4-8-22-13/h1-8H,9-11H2,(H2,17,21). The minimum absolute atomic E-state index is 0.168. The topological polar surface area (TPSA) is 86.9 Å². The lowest BCUT2D eigenvalue weighted by molar-refractivity contribution is -0.115. The van der Waals surface area contributed by atoms with E-state index in [9.17, 15) is 4.79 Å². The van der Waals surface area contributed by atoms with Gasteiger partial charge in [-0.3, -0.25) is 9.36 Å². The summed E-state index contributed by atoms with van der Waals surface area (Å²) in [5, 5.41) is 9.12. The molecule has 0 aliphatic heterocycles. The van der Waals surface area contributed by atoms with Crippen LogP contribution in [0, 0.1) is 0 Å². The van der Waals surface area contributed by atoms with Crippen LogP contribution in [-0.2, 0) is 17.8 Å². The number of benzene rings is 1. The molecule has 3 rings (SSSR count). The van der Waals surface area contributed by atoms with Gasteiger partial charge in [0.15, 0.2) is 5.16 Å². The van der Waals surface area contributed by atoms with E-state index in [0.717, 1.165) is 17.1 Å². The molecule has 0 unspecified atom stereocenters. The van der Waals surface area contributed by atoms with Gasteiger partial charge in [-0.25, -0.2) is 0 Å². The molecule has 2 heterocycles. The van der Waals surface area contributed by atoms with Gasteiger partial charge in [0, 0.05) is 6.42 Å². The molecule has 0 aliphatic rings. The van der Waals surface area contributed by atoms with Crippen LogP contribution in [0.5, 0.6) is 0 Å². The van der Waals surface area contributed by atoms with Crippen LogP contribution < -0.4 is 5.73 Å². The molecular formula is C16H16N4O2S. The Balaban J connectivity index is 1.86. The number of carbonyl (C=O) groups is 1. The summed E-state index contributed by atoms with van der Waals surface area (Å²) in [5.74, 6) is 1.41. The second-order valence-corrected chi connectivity index (χ2v) is 5.92. The maximum atomic E-state index is 11.0. The van der Waals surface area contributed by atoms with Crippen molar-refractivity contribution in [2.24, 2.45) is 5.73 Å². The summed E-state index contributed by atoms with van der Waals surface area (Å²) in [7, 11) is 0. The van der Waals surface area contributed by atoms with Gasteiger partial charge in [-0.15, -0.1) is 10.2 Å². The zero-order chi connectivity index (χ0) is 16.1. The summed E-state index contributed by atoms with van der Waals surface area (Å²) in [5.41, 5.74) is 6.37. The number of nitrogens with zero attached hydrogens (tertiary/aromatic N) is 3. The van der Waals surface area contributed by atoms with Crippen LogP contribution in [0.15, 0.2) is 58.3 Å². The maximum Gasteiger partial charge on any atom is 0.227 e. The van der Waals surface area contributed by atoms with Crippen LogP contribution in [0.3, 0.4) is 0 Å². The highest BCUT2D eigenvalue weighted by Crippen LogP contribution is 2.20. The fraction of sp³-hybridized carbons (Fsp3) is 0.188. The van der Waals surface area contributed by atoms with Crippen LogP contribution in [0.25, 0.3) is 0 Å². The van der Waals surface area contributed by atoms with E-state index >= 15 is 0 Å². The zero-order valence-corrected chi connectivity index (χ0v) is 13.2. The first kappa shape index (κ1) is 15.4. The summed E-state index contributed by atoms with van der Waals surface area (Å²) in [6.45, 7) is 0.517. The minimum Gasteiger partial charge on any atom is -0.467 e. The molecule has 23 heavy (non-hydrogen) atoms. The van der Waals surface area contributed by atoms with Gasteiger partial charge in [-0.1, -0.05) is 42.1 Å². The zero-order valence-electron chi connectivity index (χ0n) is 12.4. The van der Waals surface area contributed by atoms with E-state index in [1.54, 1.807) is 6.26 Å². The molecule has 0 bridgehead atoms. The highest BCUT2D eigenvalue weighted by molar-refractivity contribution is 7.99. The fourth-order valence-corrected chi connectivity index (χ4v) is 2.88. The number of nitrogens with two attached hydrogens (primary N) is 1. The lowest BCUT2D eigenvalue weighted by Crippen LogP contribution is -2.14. The molecule has 2 aromatic heterocycles. The average Bonchev–Trinajstić information content (AvgIpc) is 3.18. The molecule has 118 valence electrons. The fourth-order valence-electron chi connectivity index (χ4n) is 2.19. The molecule has 0 saturated heterocycles. The third-order valence-electron chi connectivity index (χ3n) is 3.24. The van der Waals surface area contributed by atoms with Crippen LogP contribution in [0.1, 0.15) is 17.1 Å². The van der Waals surface area contributed by atoms with Crippen LogP contribution in [-0.4, -0.2) is 26.4 Å². The number of hydrogen-bond donors (Lipinski definition) is 1. The number of hydrogen-bond acceptors (Lipinski definition) is 5. The van der Waals surface area contributed by atoms with E-state index in [-0.39, 0.29) is 11.7 Å². The molecule has 7 heteroatoms. The molecule has 0 atom stereocenters. The van der Waals surface area contributed by atoms with Gasteiger partial charge >= 0.3 is 0 Å². The maximum absolute atomic E-state index is 11.0. The normalized spacial score (nSPS) is 10.8. The summed E-state index contributed by atoms with van der Waals surface area (Å²) in [4.78, 5) is 11.0. The molecule has 0 radical (unpaired) electrons. The first-order valence-corrected chi connectivity index (χ1v) is 8.10. The molecule has 6 nitrogen and oxygen atoms in total. The van der Waals surface area contributed by atoms with E-state index in [2.05, 4.69) is 10.2 Å². The van der Waals surface area contributed by atoms with Crippen molar-refractivity contribution in [2.45, 2.75) is 18.1 Å². The highest BCUT2D eigenvalue weighted by atomic mass is 32.2. The Morgan fingerprint density at radius 1 is 1.17 bits per heavy atom. The Morgan fingerprint density at radius 2 is 2.00 bits per heavy atom. The van der Waals surface area contributed by atoms with Crippen molar-refractivity contribution >= 4 is 17.7 Å². The lowest BCUT2D eigenvalue weighted by atomic mass is 10.1. The molecule has 0 saturated carbocycles. The van der Waals surface area contributed by atoms with E-state index < -0.39 is 0 Å². The van der Waals surface area contributed by atoms with E-state index in [1.807, 2.05) is 47.0 Å². The van der Waals surface area contributed by atoms with Crippen LogP contribution in [0.4, 0.5) is 0 Å². The Morgan fingerprint density at radius 3 is 2.70 bits per heavy atom. The van der Waals surface area contributed by atoms with Crippen LogP contribution >= 0.6 is 11.8 Å². The van der Waals surface area contributed by atoms with Gasteiger partial charge in [0.25, 0.3) is 0 Å². The predicted molar refractivity (Wildman–Crippen MR) is 87.0 cm³/mol. The number of carbonyl (C=O) groups excluding carboxylic acids is 1. The first-order valence-electron chi connectivity index (χ1n) is 7.12. The van der Waals surface area contributed by atoms with Gasteiger partial charge in [0.05, 0.1) is 18.6 Å². The van der Waals surface area contributed by atoms with E-state index in [1.165, 1.54) is 11.8 Å². The lowest BCUT2D eigenvalue weighted by Gasteiger charge is -2.08. The third kappa shape index (κ3) is 4.01. The monoisotopic (exact) mass is 328 g/mol. The quantitative estimate of drug-likeness (QED) is 0.671. The highest BCUT2D eigenvalue weighted by Gasteiger charge is 2.15. The number of aromatic nitrogens is 3. The molecule has 0 spiro atoms. The Labute approximate surface area is 137 Å². The molecular weight excluding hydrogens is 312 g/mol. The summed E-state index contributed by atoms with van der Waals surface area (Å²) in [6, 6.07) is 13.8. The van der Waals surface area contributed by atoms with E-state index in [4.69, 9.17) is 10.2 Å². The largest absolute Gasteiger partial charge is 0.467 e. The van der Waals surface area contributed by atoms with Crippen molar-refractivity contribution in [3.05, 3.63) is 65.9 Å². The second kappa shape index (κ2) is 7.15. The number of rotatable bonds is 7. The van der Waals surface area contributed by atoms with Crippen molar-refractivity contribution in [1.29, 1.82) is 0 Å². The molecule has 3 aromatic rings. The van der Waals surface area contributed by atoms with Crippen molar-refractivity contribution < 1.29 is 9.21 Å². The van der Waals surface area contributed by atoms with Crippen LogP contribution in [0.2, 0.25) is 0 Å². The summed E-state index contributed by atoms with van der Waals surface area (Å²) in [6.07, 6.45) is 2.29. The van der Waals surface area contributed by atoms with Gasteiger partial charge in [-0.05, 0) is 17.7 Å². The average molecular weight is 328 g/mol. The van der Waals surface area contributed by atoms with Crippen molar-refractivity contribution in [3.8, 4) is 0 Å². The Hall–Kier alpha value is -2.54. The molecule has 0 aliphatic carbocycles. The van der Waals surface area contributed by atoms with Crippen molar-refractivity contribution in [2.75, 3.05) is 5.75 Å². The summed E-state index contributed by atoms with van der Waals surface area (Å²) < 4.78 is 7.37. The van der Waals surface area contributed by atoms with Gasteiger partial charge in [0.1, 0.15) is 11.6 Å². The van der Waals surface area contributed by atoms with Crippen molar-refractivity contribution in [3.63, 3.8) is 0 Å². The smallest absolute Gasteiger partial charge is 0.227 e. The van der Waals surface area contributed by atoms with Crippen molar-refractivity contribution in [1.82, 2.24) is 14.8 Å². The first-order chi connectivity index (χ1) is 11.2.